The van der Waals surface area contributed by atoms with Crippen LogP contribution in [0.3, 0.4) is 0 Å². The SMILES string of the molecule is CCCCCN1C(=O)C2C(NC3N(c4ccc(C)c(C)c4)CC(C)CN23)N(C)C1=O. The van der Waals surface area contributed by atoms with E-state index in [0.29, 0.717) is 12.5 Å². The lowest BCUT2D eigenvalue weighted by molar-refractivity contribution is -0.138. The number of likely N-dealkylation sites (N-methyl/N-ethyl adjacent to an activating group) is 1. The Labute approximate surface area is 180 Å². The third-order valence-corrected chi connectivity index (χ3v) is 6.89. The zero-order valence-corrected chi connectivity index (χ0v) is 18.9. The summed E-state index contributed by atoms with van der Waals surface area (Å²) in [5.74, 6) is 0.371. The third kappa shape index (κ3) is 3.48. The van der Waals surface area contributed by atoms with E-state index in [1.165, 1.54) is 16.0 Å². The Balaban J connectivity index is 1.63. The Bertz CT molecular complexity index is 828. The Morgan fingerprint density at radius 3 is 2.57 bits per heavy atom. The number of anilines is 1. The number of nitrogens with one attached hydrogen (secondary N) is 1. The van der Waals surface area contributed by atoms with Gasteiger partial charge in [0.25, 0.3) is 5.91 Å². The highest BCUT2D eigenvalue weighted by Gasteiger charge is 2.56. The number of hydrogen-bond acceptors (Lipinski definition) is 5. The zero-order chi connectivity index (χ0) is 21.6. The van der Waals surface area contributed by atoms with Crippen LogP contribution >= 0.6 is 0 Å². The molecule has 3 amide bonds. The molecule has 0 aliphatic carbocycles. The number of hydrogen-bond donors (Lipinski definition) is 1. The number of urea groups is 1. The molecule has 1 N–H and O–H groups in total. The van der Waals surface area contributed by atoms with Gasteiger partial charge in [-0.25, -0.2) is 4.79 Å². The number of carbonyl (C=O) groups is 2. The van der Waals surface area contributed by atoms with E-state index < -0.39 is 0 Å². The molecule has 7 nitrogen and oxygen atoms in total. The number of fused-ring (bicyclic) bond motifs is 3. The van der Waals surface area contributed by atoms with Crippen LogP contribution in [0.1, 0.15) is 44.2 Å². The lowest BCUT2D eigenvalue weighted by Gasteiger charge is -2.46. The number of carbonyl (C=O) groups excluding carboxylic acids is 2. The minimum Gasteiger partial charge on any atom is -0.343 e. The summed E-state index contributed by atoms with van der Waals surface area (Å²) in [7, 11) is 1.81. The Hall–Kier alpha value is -2.12. The Morgan fingerprint density at radius 2 is 1.87 bits per heavy atom. The van der Waals surface area contributed by atoms with Crippen molar-refractivity contribution in [3.8, 4) is 0 Å². The van der Waals surface area contributed by atoms with Gasteiger partial charge in [-0.15, -0.1) is 0 Å². The smallest absolute Gasteiger partial charge is 0.327 e. The second-order valence-electron chi connectivity index (χ2n) is 9.24. The van der Waals surface area contributed by atoms with Crippen molar-refractivity contribution in [3.63, 3.8) is 0 Å². The molecule has 164 valence electrons. The van der Waals surface area contributed by atoms with Crippen LogP contribution in [-0.2, 0) is 4.79 Å². The minimum atomic E-state index is -0.337. The molecular formula is C23H35N5O2. The van der Waals surface area contributed by atoms with Crippen LogP contribution in [0, 0.1) is 19.8 Å². The van der Waals surface area contributed by atoms with Gasteiger partial charge in [0, 0.05) is 32.4 Å². The minimum absolute atomic E-state index is 0.0525. The summed E-state index contributed by atoms with van der Waals surface area (Å²) in [6, 6.07) is 6.03. The molecule has 4 atom stereocenters. The molecule has 30 heavy (non-hydrogen) atoms. The van der Waals surface area contributed by atoms with E-state index in [9.17, 15) is 9.59 Å². The average Bonchev–Trinajstić information content (AvgIpc) is 3.10. The highest BCUT2D eigenvalue weighted by molar-refractivity contribution is 6.00. The molecule has 3 aliphatic rings. The van der Waals surface area contributed by atoms with Crippen LogP contribution < -0.4 is 10.2 Å². The summed E-state index contributed by atoms with van der Waals surface area (Å²) < 4.78 is 0. The number of amides is 3. The fourth-order valence-corrected chi connectivity index (χ4v) is 5.05. The van der Waals surface area contributed by atoms with Crippen LogP contribution in [0.2, 0.25) is 0 Å². The third-order valence-electron chi connectivity index (χ3n) is 6.89. The normalized spacial score (nSPS) is 29.4. The maximum atomic E-state index is 13.4. The first-order chi connectivity index (χ1) is 14.3. The first kappa shape index (κ1) is 21.1. The van der Waals surface area contributed by atoms with Gasteiger partial charge in [0.2, 0.25) is 0 Å². The van der Waals surface area contributed by atoms with Crippen molar-refractivity contribution in [1.82, 2.24) is 20.0 Å². The van der Waals surface area contributed by atoms with E-state index in [1.54, 1.807) is 4.90 Å². The Morgan fingerprint density at radius 1 is 1.10 bits per heavy atom. The van der Waals surface area contributed by atoms with Gasteiger partial charge < -0.3 is 9.80 Å². The van der Waals surface area contributed by atoms with Crippen molar-refractivity contribution in [2.24, 2.45) is 5.92 Å². The number of nitrogens with zero attached hydrogens (tertiary/aromatic N) is 4. The van der Waals surface area contributed by atoms with Gasteiger partial charge in [-0.2, -0.15) is 0 Å². The second-order valence-corrected chi connectivity index (χ2v) is 9.24. The fraction of sp³-hybridized carbons (Fsp3) is 0.652. The zero-order valence-electron chi connectivity index (χ0n) is 18.9. The maximum Gasteiger partial charge on any atom is 0.327 e. The van der Waals surface area contributed by atoms with Gasteiger partial charge in [-0.05, 0) is 49.4 Å². The molecule has 3 aliphatic heterocycles. The molecule has 0 saturated carbocycles. The molecule has 3 fully saturated rings. The summed E-state index contributed by atoms with van der Waals surface area (Å²) in [4.78, 5) is 34.2. The van der Waals surface area contributed by atoms with Gasteiger partial charge in [-0.1, -0.05) is 32.8 Å². The van der Waals surface area contributed by atoms with Crippen molar-refractivity contribution >= 4 is 17.6 Å². The highest BCUT2D eigenvalue weighted by Crippen LogP contribution is 2.35. The highest BCUT2D eigenvalue weighted by atomic mass is 16.2. The van der Waals surface area contributed by atoms with Crippen molar-refractivity contribution < 1.29 is 9.59 Å². The van der Waals surface area contributed by atoms with Crippen LogP contribution in [0.15, 0.2) is 18.2 Å². The molecule has 4 unspecified atom stereocenters. The lowest BCUT2D eigenvalue weighted by atomic mass is 10.0. The molecule has 1 aromatic carbocycles. The van der Waals surface area contributed by atoms with Crippen LogP contribution in [-0.4, -0.2) is 71.8 Å². The van der Waals surface area contributed by atoms with E-state index in [2.05, 4.69) is 61.0 Å². The number of imide groups is 1. The second kappa shape index (κ2) is 8.19. The van der Waals surface area contributed by atoms with Gasteiger partial charge in [-0.3, -0.25) is 19.9 Å². The van der Waals surface area contributed by atoms with Crippen molar-refractivity contribution in [1.29, 1.82) is 0 Å². The number of aryl methyl sites for hydroxylation is 2. The van der Waals surface area contributed by atoms with Crippen LogP contribution in [0.5, 0.6) is 0 Å². The monoisotopic (exact) mass is 413 g/mol. The molecule has 7 heteroatoms. The summed E-state index contributed by atoms with van der Waals surface area (Å²) in [6.07, 6.45) is 2.57. The standard InChI is InChI=1S/C23H35N5O2/c1-6-7-8-11-26-21(29)19-20(25(5)23(26)30)24-22-27(13-15(2)14-28(19)22)18-10-9-16(3)17(4)12-18/h9-10,12,15,19-20,22,24H,6-8,11,13-14H2,1-5H3. The fourth-order valence-electron chi connectivity index (χ4n) is 5.05. The first-order valence-corrected chi connectivity index (χ1v) is 11.3. The molecule has 4 rings (SSSR count). The molecule has 0 aromatic heterocycles. The van der Waals surface area contributed by atoms with Gasteiger partial charge in [0.05, 0.1) is 0 Å². The predicted octanol–water partition coefficient (Wildman–Crippen LogP) is 2.73. The number of rotatable bonds is 5. The predicted molar refractivity (Wildman–Crippen MR) is 118 cm³/mol. The summed E-state index contributed by atoms with van der Waals surface area (Å²) in [5, 5.41) is 3.61. The quantitative estimate of drug-likeness (QED) is 0.752. The molecule has 0 radical (unpaired) electrons. The topological polar surface area (TPSA) is 59.1 Å². The lowest BCUT2D eigenvalue weighted by Crippen LogP contribution is -2.66. The molecule has 0 spiro atoms. The van der Waals surface area contributed by atoms with E-state index in [0.717, 1.165) is 38.0 Å². The van der Waals surface area contributed by atoms with Gasteiger partial charge >= 0.3 is 6.03 Å². The number of unbranched alkanes of at least 4 members (excludes halogenated alkanes) is 2. The van der Waals surface area contributed by atoms with Gasteiger partial charge in [0.1, 0.15) is 18.5 Å². The van der Waals surface area contributed by atoms with E-state index in [-0.39, 0.29) is 30.4 Å². The van der Waals surface area contributed by atoms with E-state index >= 15 is 0 Å². The molecular weight excluding hydrogens is 378 g/mol. The maximum absolute atomic E-state index is 13.4. The average molecular weight is 414 g/mol. The summed E-state index contributed by atoms with van der Waals surface area (Å²) >= 11 is 0. The van der Waals surface area contributed by atoms with Crippen LogP contribution in [0.25, 0.3) is 0 Å². The number of benzene rings is 1. The molecule has 3 heterocycles. The van der Waals surface area contributed by atoms with Crippen molar-refractivity contribution in [2.75, 3.05) is 31.6 Å². The summed E-state index contributed by atoms with van der Waals surface area (Å²) in [5.41, 5.74) is 3.70. The van der Waals surface area contributed by atoms with E-state index in [1.807, 2.05) is 7.05 Å². The summed E-state index contributed by atoms with van der Waals surface area (Å²) in [6.45, 7) is 10.9. The largest absolute Gasteiger partial charge is 0.343 e. The molecule has 1 aromatic rings. The van der Waals surface area contributed by atoms with Crippen LogP contribution in [0.4, 0.5) is 10.5 Å². The van der Waals surface area contributed by atoms with Gasteiger partial charge in [0.15, 0.2) is 0 Å². The van der Waals surface area contributed by atoms with Crippen molar-refractivity contribution in [3.05, 3.63) is 29.3 Å². The van der Waals surface area contributed by atoms with E-state index in [4.69, 9.17) is 0 Å². The first-order valence-electron chi connectivity index (χ1n) is 11.3. The molecule has 0 bridgehead atoms. The molecule has 3 saturated heterocycles. The Kier molecular flexibility index (Phi) is 5.77. The van der Waals surface area contributed by atoms with Crippen molar-refractivity contribution in [2.45, 2.75) is 65.5 Å².